The topological polar surface area (TPSA) is 269 Å². The number of phosphoric acid groups is 2. The van der Waals surface area contributed by atoms with Crippen LogP contribution in [-0.2, 0) is 46.5 Å². The molecule has 1 aliphatic carbocycles. The Bertz CT molecular complexity index is 1620. The van der Waals surface area contributed by atoms with Gasteiger partial charge in [0, 0.05) is 12.8 Å². The van der Waals surface area contributed by atoms with Crippen molar-refractivity contribution in [2.45, 2.75) is 197 Å². The molecule has 2 rings (SSSR count). The van der Waals surface area contributed by atoms with Crippen LogP contribution in [0, 0.1) is 0 Å². The maximum absolute atomic E-state index is 13.0. The zero-order valence-electron chi connectivity index (χ0n) is 38.8. The maximum atomic E-state index is 13.0. The molecule has 0 aromatic heterocycles. The summed E-state index contributed by atoms with van der Waals surface area (Å²) in [6.45, 7) is 2.88. The number of carbonyl (C=O) groups is 2. The lowest BCUT2D eigenvalue weighted by molar-refractivity contribution is -0.216. The number of ether oxygens (including phenoxy) is 3. The fourth-order valence-corrected chi connectivity index (χ4v) is 8.44. The quantitative estimate of drug-likeness (QED) is 0.0103. The van der Waals surface area contributed by atoms with Crippen molar-refractivity contribution in [3.05, 3.63) is 72.9 Å². The highest BCUT2D eigenvalue weighted by molar-refractivity contribution is 7.47. The van der Waals surface area contributed by atoms with Crippen molar-refractivity contribution in [3.8, 4) is 0 Å². The number of aliphatic hydroxyl groups excluding tert-OH is 4. The molecule has 7 unspecified atom stereocenters. The first-order valence-corrected chi connectivity index (χ1v) is 26.6. The second-order valence-corrected chi connectivity index (χ2v) is 19.1. The van der Waals surface area contributed by atoms with E-state index in [-0.39, 0.29) is 25.0 Å². The van der Waals surface area contributed by atoms with Gasteiger partial charge in [-0.25, -0.2) is 9.13 Å². The molecule has 7 N–H and O–H groups in total. The molecule has 2 fully saturated rings. The van der Waals surface area contributed by atoms with E-state index in [0.29, 0.717) is 19.3 Å². The molecule has 0 bridgehead atoms. The van der Waals surface area contributed by atoms with Crippen LogP contribution < -0.4 is 0 Å². The third-order valence-electron chi connectivity index (χ3n) is 10.7. The van der Waals surface area contributed by atoms with Gasteiger partial charge in [0.25, 0.3) is 0 Å². The molecule has 2 aliphatic rings. The summed E-state index contributed by atoms with van der Waals surface area (Å²) in [6.07, 6.45) is 27.4. The van der Waals surface area contributed by atoms with Crippen molar-refractivity contribution in [2.75, 3.05) is 13.2 Å². The van der Waals surface area contributed by atoms with Crippen molar-refractivity contribution in [1.82, 2.24) is 0 Å². The van der Waals surface area contributed by atoms with Gasteiger partial charge in [0.15, 0.2) is 6.10 Å². The van der Waals surface area contributed by atoms with Crippen LogP contribution in [0.15, 0.2) is 72.9 Å². The van der Waals surface area contributed by atoms with E-state index in [1.165, 1.54) is 19.3 Å². The lowest BCUT2D eigenvalue weighted by Crippen LogP contribution is -2.64. The first-order valence-electron chi connectivity index (χ1n) is 23.6. The highest BCUT2D eigenvalue weighted by Gasteiger charge is 2.54. The number of esters is 2. The van der Waals surface area contributed by atoms with Crippen molar-refractivity contribution in [1.29, 1.82) is 0 Å². The standard InChI is InChI=1S/C47H78O17P2/c1-3-5-7-9-11-13-14-15-16-17-18-20-22-24-30-34-41(49)61-37(36-60-66(57,58)64-47-44(52)42(50)43(51)46(45(47)53)63-65(54,55)56)35-59-40(48)33-29-26-25-28-32-39-38(62-39)31-27-23-21-19-12-10-8-6-4-2/h5,7,11-13,15-16,19,23,25,27-28,37-39,42-47,50-53H,3-4,6,8-10,14,17-18,20-22,24,26,29-36H2,1-2H3,(H,57,58)(H2,54,55,56)/b7-5-,13-11-,16-15-,19-12-,27-23-,28-25-/t37-,38?,39?,42?,43?,44?,45?,46-,47+/m1/s1. The normalized spacial score (nSPS) is 25.2. The number of allylic oxidation sites excluding steroid dienone is 10. The predicted octanol–water partition coefficient (Wildman–Crippen LogP) is 7.83. The predicted molar refractivity (Wildman–Crippen MR) is 250 cm³/mol. The molecular weight excluding hydrogens is 898 g/mol. The Morgan fingerprint density at radius 2 is 1.06 bits per heavy atom. The van der Waals surface area contributed by atoms with Gasteiger partial charge in [0.1, 0.15) is 43.2 Å². The number of epoxide rings is 1. The van der Waals surface area contributed by atoms with Crippen LogP contribution in [0.3, 0.4) is 0 Å². The number of hydrogen-bond acceptors (Lipinski definition) is 14. The van der Waals surface area contributed by atoms with Crippen molar-refractivity contribution >= 4 is 27.6 Å². The second kappa shape index (κ2) is 34.6. The third kappa shape index (κ3) is 28.0. The van der Waals surface area contributed by atoms with Crippen LogP contribution >= 0.6 is 15.6 Å². The summed E-state index contributed by atoms with van der Waals surface area (Å²) in [4.78, 5) is 54.3. The van der Waals surface area contributed by atoms with Gasteiger partial charge in [0.05, 0.1) is 18.8 Å². The second-order valence-electron chi connectivity index (χ2n) is 16.5. The van der Waals surface area contributed by atoms with Gasteiger partial charge in [-0.05, 0) is 83.5 Å². The van der Waals surface area contributed by atoms with Crippen molar-refractivity contribution in [2.24, 2.45) is 0 Å². The van der Waals surface area contributed by atoms with Gasteiger partial charge < -0.3 is 49.3 Å². The summed E-state index contributed by atoms with van der Waals surface area (Å²) < 4.78 is 55.1. The molecule has 0 radical (unpaired) electrons. The molecule has 1 heterocycles. The van der Waals surface area contributed by atoms with Crippen LogP contribution in [0.5, 0.6) is 0 Å². The lowest BCUT2D eigenvalue weighted by atomic mass is 9.85. The molecule has 19 heteroatoms. The first kappa shape index (κ1) is 59.5. The van der Waals surface area contributed by atoms with Gasteiger partial charge in [-0.15, -0.1) is 0 Å². The maximum Gasteiger partial charge on any atom is 0.472 e. The molecule has 0 spiro atoms. The van der Waals surface area contributed by atoms with Crippen LogP contribution in [0.2, 0.25) is 0 Å². The van der Waals surface area contributed by atoms with E-state index in [9.17, 15) is 53.8 Å². The largest absolute Gasteiger partial charge is 0.472 e. The van der Waals surface area contributed by atoms with Gasteiger partial charge in [0.2, 0.25) is 0 Å². The minimum atomic E-state index is -5.38. The average Bonchev–Trinajstić information content (AvgIpc) is 4.03. The highest BCUT2D eigenvalue weighted by atomic mass is 31.2. The van der Waals surface area contributed by atoms with E-state index in [1.807, 2.05) is 12.2 Å². The molecule has 0 aromatic carbocycles. The average molecular weight is 977 g/mol. The van der Waals surface area contributed by atoms with E-state index in [4.69, 9.17) is 23.3 Å². The summed E-state index contributed by atoms with van der Waals surface area (Å²) in [5.41, 5.74) is 0. The molecular formula is C47H78O17P2. The highest BCUT2D eigenvalue weighted by Crippen LogP contribution is 2.49. The summed E-state index contributed by atoms with van der Waals surface area (Å²) in [7, 11) is -10.7. The van der Waals surface area contributed by atoms with Crippen LogP contribution in [0.4, 0.5) is 0 Å². The third-order valence-corrected chi connectivity index (χ3v) is 12.2. The van der Waals surface area contributed by atoms with Crippen molar-refractivity contribution < 1.29 is 81.6 Å². The van der Waals surface area contributed by atoms with E-state index >= 15 is 0 Å². The summed E-state index contributed by atoms with van der Waals surface area (Å²) in [5, 5.41) is 41.2. The molecule has 1 aliphatic heterocycles. The number of hydrogen-bond donors (Lipinski definition) is 7. The molecule has 66 heavy (non-hydrogen) atoms. The van der Waals surface area contributed by atoms with E-state index < -0.39 is 83.5 Å². The molecule has 0 amide bonds. The van der Waals surface area contributed by atoms with Gasteiger partial charge in [-0.3, -0.25) is 23.2 Å². The van der Waals surface area contributed by atoms with Gasteiger partial charge in [-0.2, -0.15) is 0 Å². The summed E-state index contributed by atoms with van der Waals surface area (Å²) >= 11 is 0. The minimum absolute atomic E-state index is 0.00553. The summed E-state index contributed by atoms with van der Waals surface area (Å²) in [5.74, 6) is -1.31. The smallest absolute Gasteiger partial charge is 0.462 e. The number of rotatable bonds is 37. The minimum Gasteiger partial charge on any atom is -0.462 e. The van der Waals surface area contributed by atoms with Crippen LogP contribution in [-0.4, -0.2) is 115 Å². The van der Waals surface area contributed by atoms with Crippen molar-refractivity contribution in [3.63, 3.8) is 0 Å². The number of unbranched alkanes of at least 4 members (excludes halogenated alkanes) is 9. The number of aliphatic hydroxyl groups is 4. The van der Waals surface area contributed by atoms with Gasteiger partial charge in [-0.1, -0.05) is 119 Å². The fourth-order valence-electron chi connectivity index (χ4n) is 6.90. The zero-order valence-corrected chi connectivity index (χ0v) is 40.6. The Balaban J connectivity index is 1.83. The molecule has 17 nitrogen and oxygen atoms in total. The molecule has 10 atom stereocenters. The van der Waals surface area contributed by atoms with Gasteiger partial charge >= 0.3 is 27.6 Å². The van der Waals surface area contributed by atoms with Crippen LogP contribution in [0.25, 0.3) is 0 Å². The molecule has 1 saturated heterocycles. The SMILES string of the molecule is CC/C=C\C/C=C\C/C=C\CCCCCCCC(=O)O[C@H](COC(=O)CCC/C=C\CC1OC1C/C=C\C/C=C\CCCCC)COP(=O)(O)O[C@H]1C(O)C(O)C(O)[C@@H](OP(=O)(O)O)C1O. The molecule has 378 valence electrons. The Morgan fingerprint density at radius 3 is 1.68 bits per heavy atom. The Morgan fingerprint density at radius 1 is 0.561 bits per heavy atom. The van der Waals surface area contributed by atoms with E-state index in [0.717, 1.165) is 77.0 Å². The van der Waals surface area contributed by atoms with Crippen LogP contribution in [0.1, 0.15) is 142 Å². The zero-order chi connectivity index (χ0) is 48.6. The van der Waals surface area contributed by atoms with E-state index in [2.05, 4.69) is 79.1 Å². The number of carbonyl (C=O) groups excluding carboxylic acids is 2. The Kier molecular flexibility index (Phi) is 31.2. The fraction of sp³-hybridized carbons (Fsp3) is 0.702. The summed E-state index contributed by atoms with van der Waals surface area (Å²) in [6, 6.07) is 0. The lowest BCUT2D eigenvalue weighted by Gasteiger charge is -2.43. The molecule has 0 aromatic rings. The number of phosphoric ester groups is 2. The Hall–Kier alpha value is -2.60. The first-order chi connectivity index (χ1) is 31.6. The van der Waals surface area contributed by atoms with E-state index in [1.54, 1.807) is 0 Å². The Labute approximate surface area is 391 Å². The monoisotopic (exact) mass is 976 g/mol. The molecule has 1 saturated carbocycles.